The van der Waals surface area contributed by atoms with Crippen molar-refractivity contribution in [2.75, 3.05) is 26.0 Å². The lowest BCUT2D eigenvalue weighted by Crippen LogP contribution is -2.31. The Balaban J connectivity index is 2.12. The van der Waals surface area contributed by atoms with E-state index >= 15 is 0 Å². The maximum atomic E-state index is 12.3. The molecule has 1 heterocycles. The van der Waals surface area contributed by atoms with Gasteiger partial charge in [-0.2, -0.15) is 5.10 Å². The van der Waals surface area contributed by atoms with E-state index in [1.54, 1.807) is 6.20 Å². The van der Waals surface area contributed by atoms with Crippen molar-refractivity contribution >= 4 is 21.6 Å². The molecule has 1 aromatic rings. The van der Waals surface area contributed by atoms with Crippen molar-refractivity contribution < 1.29 is 0 Å². The molecule has 6 heteroatoms. The molecule has 1 aliphatic rings. The molecule has 0 saturated heterocycles. The Morgan fingerprint density at radius 2 is 2.14 bits per heavy atom. The van der Waals surface area contributed by atoms with Gasteiger partial charge in [-0.3, -0.25) is 4.79 Å². The number of hydrogen-bond acceptors (Lipinski definition) is 4. The van der Waals surface area contributed by atoms with Crippen molar-refractivity contribution in [3.8, 4) is 0 Å². The third-order valence-electron chi connectivity index (χ3n) is 4.55. The van der Waals surface area contributed by atoms with Crippen LogP contribution >= 0.6 is 15.9 Å². The summed E-state index contributed by atoms with van der Waals surface area (Å²) in [7, 11) is 3.97. The van der Waals surface area contributed by atoms with Crippen molar-refractivity contribution in [1.82, 2.24) is 14.7 Å². The first-order valence-electron chi connectivity index (χ1n) is 7.57. The standard InChI is InChI=1S/C15H25BrN4O/c1-10-5-6-12(11(10)2)18-13-9-17-20(8-7-19(3)4)15(21)14(13)16/h9-12,18H,5-8H2,1-4H3. The van der Waals surface area contributed by atoms with Crippen LogP contribution in [0.4, 0.5) is 5.69 Å². The van der Waals surface area contributed by atoms with Crippen LogP contribution in [0.25, 0.3) is 0 Å². The molecule has 0 aliphatic heterocycles. The molecule has 0 amide bonds. The minimum absolute atomic E-state index is 0.0689. The Bertz CT molecular complexity index is 543. The average Bonchev–Trinajstić information content (AvgIpc) is 2.75. The van der Waals surface area contributed by atoms with Crippen molar-refractivity contribution in [1.29, 1.82) is 0 Å². The second kappa shape index (κ2) is 6.92. The number of nitrogens with zero attached hydrogens (tertiary/aromatic N) is 3. The number of rotatable bonds is 5. The SMILES string of the molecule is CC1CCC(Nc2cnn(CCN(C)C)c(=O)c2Br)C1C. The van der Waals surface area contributed by atoms with Gasteiger partial charge in [-0.15, -0.1) is 0 Å². The molecule has 5 nitrogen and oxygen atoms in total. The average molecular weight is 357 g/mol. The number of anilines is 1. The number of nitrogens with one attached hydrogen (secondary N) is 1. The third-order valence-corrected chi connectivity index (χ3v) is 5.32. The van der Waals surface area contributed by atoms with Crippen LogP contribution in [0.2, 0.25) is 0 Å². The summed E-state index contributed by atoms with van der Waals surface area (Å²) in [6, 6.07) is 0.426. The molecular formula is C15H25BrN4O. The van der Waals surface area contributed by atoms with Gasteiger partial charge < -0.3 is 10.2 Å². The molecule has 118 valence electrons. The predicted molar refractivity (Wildman–Crippen MR) is 89.7 cm³/mol. The Morgan fingerprint density at radius 1 is 1.43 bits per heavy atom. The van der Waals surface area contributed by atoms with Crippen molar-refractivity contribution in [2.45, 2.75) is 39.3 Å². The minimum atomic E-state index is -0.0689. The second-order valence-corrected chi connectivity index (χ2v) is 7.16. The molecule has 3 atom stereocenters. The Kier molecular flexibility index (Phi) is 5.43. The molecule has 1 fully saturated rings. The van der Waals surface area contributed by atoms with Gasteiger partial charge in [0.25, 0.3) is 5.56 Å². The summed E-state index contributed by atoms with van der Waals surface area (Å²) < 4.78 is 2.10. The summed E-state index contributed by atoms with van der Waals surface area (Å²) in [6.07, 6.45) is 4.15. The van der Waals surface area contributed by atoms with Crippen LogP contribution in [0.5, 0.6) is 0 Å². The maximum absolute atomic E-state index is 12.3. The first kappa shape index (κ1) is 16.5. The summed E-state index contributed by atoms with van der Waals surface area (Å²) in [5.41, 5.74) is 0.743. The quantitative estimate of drug-likeness (QED) is 0.879. The van der Waals surface area contributed by atoms with E-state index in [1.807, 2.05) is 19.0 Å². The number of hydrogen-bond donors (Lipinski definition) is 1. The van der Waals surface area contributed by atoms with Gasteiger partial charge in [-0.1, -0.05) is 13.8 Å². The summed E-state index contributed by atoms with van der Waals surface area (Å²) in [5.74, 6) is 1.35. The Labute approximate surface area is 134 Å². The highest BCUT2D eigenvalue weighted by molar-refractivity contribution is 9.10. The van der Waals surface area contributed by atoms with Crippen LogP contribution in [0.15, 0.2) is 15.5 Å². The van der Waals surface area contributed by atoms with Gasteiger partial charge in [-0.05, 0) is 54.7 Å². The molecule has 2 rings (SSSR count). The maximum Gasteiger partial charge on any atom is 0.283 e. The molecular weight excluding hydrogens is 332 g/mol. The molecule has 1 N–H and O–H groups in total. The topological polar surface area (TPSA) is 50.2 Å². The van der Waals surface area contributed by atoms with Gasteiger partial charge in [0.2, 0.25) is 0 Å². The van der Waals surface area contributed by atoms with Crippen LogP contribution in [0.1, 0.15) is 26.7 Å². The lowest BCUT2D eigenvalue weighted by atomic mass is 9.98. The van der Waals surface area contributed by atoms with E-state index in [4.69, 9.17) is 0 Å². The fourth-order valence-corrected chi connectivity index (χ4v) is 3.21. The smallest absolute Gasteiger partial charge is 0.283 e. The van der Waals surface area contributed by atoms with Crippen molar-refractivity contribution in [3.05, 3.63) is 21.0 Å². The van der Waals surface area contributed by atoms with Crippen LogP contribution in [0.3, 0.4) is 0 Å². The van der Waals surface area contributed by atoms with E-state index in [9.17, 15) is 4.79 Å². The first-order chi connectivity index (χ1) is 9.90. The van der Waals surface area contributed by atoms with Gasteiger partial charge >= 0.3 is 0 Å². The number of likely N-dealkylation sites (N-methyl/N-ethyl adjacent to an activating group) is 1. The Hall–Kier alpha value is -0.880. The second-order valence-electron chi connectivity index (χ2n) is 6.37. The summed E-state index contributed by atoms with van der Waals surface area (Å²) in [4.78, 5) is 14.4. The summed E-state index contributed by atoms with van der Waals surface area (Å²) in [5, 5.41) is 7.77. The largest absolute Gasteiger partial charge is 0.380 e. The molecule has 1 aliphatic carbocycles. The number of aromatic nitrogens is 2. The van der Waals surface area contributed by atoms with E-state index in [0.717, 1.165) is 24.6 Å². The molecule has 0 bridgehead atoms. The first-order valence-corrected chi connectivity index (χ1v) is 8.36. The van der Waals surface area contributed by atoms with Gasteiger partial charge in [0.15, 0.2) is 0 Å². The summed E-state index contributed by atoms with van der Waals surface area (Å²) >= 11 is 3.43. The minimum Gasteiger partial charge on any atom is -0.380 e. The highest BCUT2D eigenvalue weighted by Crippen LogP contribution is 2.33. The fraction of sp³-hybridized carbons (Fsp3) is 0.733. The third kappa shape index (κ3) is 3.86. The van der Waals surface area contributed by atoms with Crippen LogP contribution in [0, 0.1) is 11.8 Å². The van der Waals surface area contributed by atoms with E-state index < -0.39 is 0 Å². The van der Waals surface area contributed by atoms with E-state index in [-0.39, 0.29) is 5.56 Å². The molecule has 0 radical (unpaired) electrons. The number of halogens is 1. The molecule has 0 spiro atoms. The van der Waals surface area contributed by atoms with E-state index in [1.165, 1.54) is 11.1 Å². The predicted octanol–water partition coefficient (Wildman–Crippen LogP) is 2.41. The van der Waals surface area contributed by atoms with Gasteiger partial charge in [-0.25, -0.2) is 4.68 Å². The van der Waals surface area contributed by atoms with E-state index in [2.05, 4.69) is 40.2 Å². The van der Waals surface area contributed by atoms with Crippen molar-refractivity contribution in [2.24, 2.45) is 11.8 Å². The molecule has 3 unspecified atom stereocenters. The molecule has 1 aromatic heterocycles. The summed E-state index contributed by atoms with van der Waals surface area (Å²) in [6.45, 7) is 5.96. The highest BCUT2D eigenvalue weighted by Gasteiger charge is 2.30. The Morgan fingerprint density at radius 3 is 2.71 bits per heavy atom. The lowest BCUT2D eigenvalue weighted by molar-refractivity contribution is 0.367. The normalized spacial score (nSPS) is 25.5. The van der Waals surface area contributed by atoms with Crippen LogP contribution < -0.4 is 10.9 Å². The van der Waals surface area contributed by atoms with Crippen LogP contribution in [-0.4, -0.2) is 41.4 Å². The fourth-order valence-electron chi connectivity index (χ4n) is 2.79. The monoisotopic (exact) mass is 356 g/mol. The van der Waals surface area contributed by atoms with Crippen LogP contribution in [-0.2, 0) is 6.54 Å². The zero-order chi connectivity index (χ0) is 15.6. The van der Waals surface area contributed by atoms with E-state index in [0.29, 0.717) is 23.0 Å². The zero-order valence-electron chi connectivity index (χ0n) is 13.3. The highest BCUT2D eigenvalue weighted by atomic mass is 79.9. The van der Waals surface area contributed by atoms with Gasteiger partial charge in [0.1, 0.15) is 4.47 Å². The molecule has 1 saturated carbocycles. The van der Waals surface area contributed by atoms with Gasteiger partial charge in [0.05, 0.1) is 18.4 Å². The molecule has 0 aromatic carbocycles. The molecule has 21 heavy (non-hydrogen) atoms. The van der Waals surface area contributed by atoms with Crippen molar-refractivity contribution in [3.63, 3.8) is 0 Å². The zero-order valence-corrected chi connectivity index (χ0v) is 14.9. The lowest BCUT2D eigenvalue weighted by Gasteiger charge is -2.21. The van der Waals surface area contributed by atoms with Gasteiger partial charge in [0, 0.05) is 12.6 Å².